The summed E-state index contributed by atoms with van der Waals surface area (Å²) in [4.78, 5) is 27.6. The number of amides is 1. The first kappa shape index (κ1) is 25.8. The van der Waals surface area contributed by atoms with Gasteiger partial charge in [-0.15, -0.1) is 0 Å². The number of carboxylic acid groups (broad SMARTS) is 1. The van der Waals surface area contributed by atoms with E-state index in [2.05, 4.69) is 10.3 Å². The number of oxazole rings is 1. The molecule has 0 aliphatic carbocycles. The maximum Gasteiger partial charge on any atom is 0.407 e. The van der Waals surface area contributed by atoms with Gasteiger partial charge in [0.1, 0.15) is 11.5 Å². The topological polar surface area (TPSA) is 111 Å². The van der Waals surface area contributed by atoms with E-state index < -0.39 is 12.1 Å². The van der Waals surface area contributed by atoms with E-state index in [1.54, 1.807) is 0 Å². The molecule has 3 aromatic rings. The number of carbonyl (C=O) groups is 2. The van der Waals surface area contributed by atoms with Crippen LogP contribution in [-0.2, 0) is 28.9 Å². The van der Waals surface area contributed by atoms with E-state index >= 15 is 0 Å². The van der Waals surface area contributed by atoms with Crippen molar-refractivity contribution in [2.75, 3.05) is 13.2 Å². The molecule has 3 rings (SSSR count). The first-order valence-electron chi connectivity index (χ1n) is 11.8. The standard InChI is InChI=1S/C27H32N2O6/c1-3-4-15-34-27(32)28-18-22-17-23(12-10-20(22)11-13-25(30)31)33-16-14-24-19(2)35-26(29-24)21-8-6-5-7-9-21/h5-10,12,17H,3-4,11,13-16,18H2,1-2H3,(H,28,32)(H,30,31). The maximum atomic E-state index is 11.9. The Morgan fingerprint density at radius 3 is 2.60 bits per heavy atom. The van der Waals surface area contributed by atoms with Gasteiger partial charge in [-0.05, 0) is 55.2 Å². The van der Waals surface area contributed by atoms with E-state index in [1.165, 1.54) is 0 Å². The highest BCUT2D eigenvalue weighted by atomic mass is 16.5. The highest BCUT2D eigenvalue weighted by Gasteiger charge is 2.13. The number of carboxylic acids is 1. The van der Waals surface area contributed by atoms with Gasteiger partial charge in [0, 0.05) is 24.9 Å². The van der Waals surface area contributed by atoms with Crippen LogP contribution in [0.3, 0.4) is 0 Å². The normalized spacial score (nSPS) is 10.7. The lowest BCUT2D eigenvalue weighted by Crippen LogP contribution is -2.24. The second kappa shape index (κ2) is 13.2. The zero-order valence-corrected chi connectivity index (χ0v) is 20.2. The van der Waals surface area contributed by atoms with E-state index in [4.69, 9.17) is 19.0 Å². The van der Waals surface area contributed by atoms with E-state index in [1.807, 2.05) is 62.4 Å². The Labute approximate surface area is 205 Å². The van der Waals surface area contributed by atoms with Gasteiger partial charge in [-0.2, -0.15) is 0 Å². The molecule has 0 unspecified atom stereocenters. The van der Waals surface area contributed by atoms with Crippen LogP contribution in [0.4, 0.5) is 4.79 Å². The Balaban J connectivity index is 1.61. The van der Waals surface area contributed by atoms with Crippen molar-refractivity contribution < 1.29 is 28.6 Å². The fraction of sp³-hybridized carbons (Fsp3) is 0.370. The number of alkyl carbamates (subject to hydrolysis) is 1. The third-order valence-corrected chi connectivity index (χ3v) is 5.46. The number of nitrogens with zero attached hydrogens (tertiary/aromatic N) is 1. The lowest BCUT2D eigenvalue weighted by Gasteiger charge is -2.13. The fourth-order valence-electron chi connectivity index (χ4n) is 3.50. The molecule has 0 bridgehead atoms. The number of hydrogen-bond donors (Lipinski definition) is 2. The lowest BCUT2D eigenvalue weighted by atomic mass is 10.0. The summed E-state index contributed by atoms with van der Waals surface area (Å²) in [7, 11) is 0. The van der Waals surface area contributed by atoms with E-state index in [-0.39, 0.29) is 13.0 Å². The molecule has 1 heterocycles. The van der Waals surface area contributed by atoms with Gasteiger partial charge in [0.2, 0.25) is 5.89 Å². The van der Waals surface area contributed by atoms with Gasteiger partial charge < -0.3 is 24.3 Å². The Morgan fingerprint density at radius 1 is 1.06 bits per heavy atom. The largest absolute Gasteiger partial charge is 0.493 e. The molecule has 2 aromatic carbocycles. The molecule has 8 nitrogen and oxygen atoms in total. The van der Waals surface area contributed by atoms with Crippen molar-refractivity contribution in [3.8, 4) is 17.2 Å². The summed E-state index contributed by atoms with van der Waals surface area (Å²) in [5.41, 5.74) is 3.39. The molecule has 0 spiro atoms. The first-order valence-corrected chi connectivity index (χ1v) is 11.8. The molecule has 1 amide bonds. The van der Waals surface area contributed by atoms with Crippen LogP contribution in [0.15, 0.2) is 52.9 Å². The number of aromatic nitrogens is 1. The predicted octanol–water partition coefficient (Wildman–Crippen LogP) is 5.32. The predicted molar refractivity (Wildman–Crippen MR) is 131 cm³/mol. The monoisotopic (exact) mass is 480 g/mol. The molecule has 8 heteroatoms. The van der Waals surface area contributed by atoms with Gasteiger partial charge in [-0.3, -0.25) is 4.79 Å². The van der Waals surface area contributed by atoms with Crippen molar-refractivity contribution >= 4 is 12.1 Å². The quantitative estimate of drug-likeness (QED) is 0.319. The summed E-state index contributed by atoms with van der Waals surface area (Å²) in [5, 5.41) is 11.8. The van der Waals surface area contributed by atoms with Crippen molar-refractivity contribution in [3.63, 3.8) is 0 Å². The van der Waals surface area contributed by atoms with Crippen molar-refractivity contribution in [2.24, 2.45) is 0 Å². The zero-order chi connectivity index (χ0) is 25.0. The summed E-state index contributed by atoms with van der Waals surface area (Å²) >= 11 is 0. The van der Waals surface area contributed by atoms with Crippen LogP contribution < -0.4 is 10.1 Å². The Kier molecular flexibility index (Phi) is 9.71. The number of rotatable bonds is 13. The molecule has 0 aliphatic rings. The number of benzene rings is 2. The summed E-state index contributed by atoms with van der Waals surface area (Å²) in [6, 6.07) is 15.2. The van der Waals surface area contributed by atoms with E-state index in [0.29, 0.717) is 37.7 Å². The highest BCUT2D eigenvalue weighted by molar-refractivity contribution is 5.68. The number of nitrogens with one attached hydrogen (secondary N) is 1. The van der Waals surface area contributed by atoms with Crippen LogP contribution >= 0.6 is 0 Å². The molecule has 2 N–H and O–H groups in total. The van der Waals surface area contributed by atoms with E-state index in [9.17, 15) is 9.59 Å². The van der Waals surface area contributed by atoms with Crippen molar-refractivity contribution in [1.29, 1.82) is 0 Å². The minimum Gasteiger partial charge on any atom is -0.493 e. The van der Waals surface area contributed by atoms with Crippen molar-refractivity contribution in [3.05, 3.63) is 71.1 Å². The van der Waals surface area contributed by atoms with Gasteiger partial charge in [0.15, 0.2) is 0 Å². The third kappa shape index (κ3) is 8.17. The van der Waals surface area contributed by atoms with Crippen molar-refractivity contribution in [2.45, 2.75) is 52.5 Å². The Bertz CT molecular complexity index is 1110. The number of ether oxygens (including phenoxy) is 2. The second-order valence-electron chi connectivity index (χ2n) is 8.15. The average Bonchev–Trinajstić information content (AvgIpc) is 3.23. The molecule has 186 valence electrons. The lowest BCUT2D eigenvalue weighted by molar-refractivity contribution is -0.136. The van der Waals surface area contributed by atoms with Crippen LogP contribution in [0, 0.1) is 6.92 Å². The molecular weight excluding hydrogens is 448 g/mol. The summed E-state index contributed by atoms with van der Waals surface area (Å²) in [6.07, 6.45) is 2.18. The second-order valence-corrected chi connectivity index (χ2v) is 8.15. The summed E-state index contributed by atoms with van der Waals surface area (Å²) in [5.74, 6) is 1.09. The summed E-state index contributed by atoms with van der Waals surface area (Å²) in [6.45, 7) is 4.88. The molecular formula is C27H32N2O6. The Hall–Kier alpha value is -3.81. The van der Waals surface area contributed by atoms with Crippen LogP contribution in [0.1, 0.15) is 48.8 Å². The smallest absolute Gasteiger partial charge is 0.407 e. The molecule has 0 aliphatic heterocycles. The number of carbonyl (C=O) groups excluding carboxylic acids is 1. The molecule has 0 radical (unpaired) electrons. The van der Waals surface area contributed by atoms with Crippen LogP contribution in [0.5, 0.6) is 5.75 Å². The van der Waals surface area contributed by atoms with E-state index in [0.717, 1.165) is 41.0 Å². The SMILES string of the molecule is CCCCOC(=O)NCc1cc(OCCc2nc(-c3ccccc3)oc2C)ccc1CCC(=O)O. The number of aliphatic carboxylic acids is 1. The van der Waals surface area contributed by atoms with Gasteiger partial charge in [-0.25, -0.2) is 9.78 Å². The summed E-state index contributed by atoms with van der Waals surface area (Å²) < 4.78 is 16.9. The zero-order valence-electron chi connectivity index (χ0n) is 20.2. The van der Waals surface area contributed by atoms with Gasteiger partial charge >= 0.3 is 12.1 Å². The van der Waals surface area contributed by atoms with Gasteiger partial charge in [-0.1, -0.05) is 37.6 Å². The molecule has 0 saturated heterocycles. The maximum absolute atomic E-state index is 11.9. The molecule has 35 heavy (non-hydrogen) atoms. The number of unbranched alkanes of at least 4 members (excludes halogenated alkanes) is 1. The first-order chi connectivity index (χ1) is 17.0. The molecule has 0 atom stereocenters. The van der Waals surface area contributed by atoms with Gasteiger partial charge in [0.25, 0.3) is 0 Å². The van der Waals surface area contributed by atoms with Crippen LogP contribution in [0.2, 0.25) is 0 Å². The Morgan fingerprint density at radius 2 is 1.86 bits per heavy atom. The van der Waals surface area contributed by atoms with Gasteiger partial charge in [0.05, 0.1) is 18.9 Å². The third-order valence-electron chi connectivity index (χ3n) is 5.46. The highest BCUT2D eigenvalue weighted by Crippen LogP contribution is 2.23. The minimum atomic E-state index is -0.874. The average molecular weight is 481 g/mol. The number of hydrogen-bond acceptors (Lipinski definition) is 6. The molecule has 0 fully saturated rings. The molecule has 1 aromatic heterocycles. The number of aryl methyl sites for hydroxylation is 2. The van der Waals surface area contributed by atoms with Crippen LogP contribution in [0.25, 0.3) is 11.5 Å². The van der Waals surface area contributed by atoms with Crippen LogP contribution in [-0.4, -0.2) is 35.4 Å². The fourth-order valence-corrected chi connectivity index (χ4v) is 3.50. The minimum absolute atomic E-state index is 0.00331. The van der Waals surface area contributed by atoms with Crippen molar-refractivity contribution in [1.82, 2.24) is 10.3 Å². The molecule has 0 saturated carbocycles.